The van der Waals surface area contributed by atoms with Gasteiger partial charge in [-0.05, 0) is 113 Å². The molecule has 6 nitrogen and oxygen atoms in total. The zero-order valence-electron chi connectivity index (χ0n) is 26.4. The van der Waals surface area contributed by atoms with Crippen LogP contribution in [-0.4, -0.2) is 61.3 Å². The summed E-state index contributed by atoms with van der Waals surface area (Å²) in [4.78, 5) is 15.6. The second-order valence-corrected chi connectivity index (χ2v) is 15.3. The van der Waals surface area contributed by atoms with Gasteiger partial charge < -0.3 is 5.32 Å². The molecule has 2 aromatic carbocycles. The van der Waals surface area contributed by atoms with E-state index in [0.717, 1.165) is 37.8 Å². The van der Waals surface area contributed by atoms with Crippen molar-refractivity contribution in [3.8, 4) is 0 Å². The summed E-state index contributed by atoms with van der Waals surface area (Å²) in [7, 11) is -4.20. The first kappa shape index (κ1) is 33.9. The second kappa shape index (κ2) is 14.6. The van der Waals surface area contributed by atoms with Crippen LogP contribution in [0.4, 0.5) is 13.2 Å². The van der Waals surface area contributed by atoms with Crippen LogP contribution in [0.1, 0.15) is 88.7 Å². The van der Waals surface area contributed by atoms with E-state index in [9.17, 15) is 26.4 Å². The van der Waals surface area contributed by atoms with E-state index in [-0.39, 0.29) is 22.9 Å². The molecule has 2 aliphatic heterocycles. The second-order valence-electron chi connectivity index (χ2n) is 13.5. The first-order valence-corrected chi connectivity index (χ1v) is 18.2. The van der Waals surface area contributed by atoms with Crippen LogP contribution in [0.5, 0.6) is 0 Å². The molecule has 1 aliphatic carbocycles. The third-order valence-electron chi connectivity index (χ3n) is 10.5. The number of hydrogen-bond acceptors (Lipinski definition) is 4. The molecule has 10 heteroatoms. The number of piperidine rings is 1. The molecular formula is C35H48F3N3O3S. The van der Waals surface area contributed by atoms with Gasteiger partial charge in [0, 0.05) is 24.7 Å². The van der Waals surface area contributed by atoms with Crippen LogP contribution in [0.15, 0.2) is 59.5 Å². The van der Waals surface area contributed by atoms with Crippen LogP contribution in [0.3, 0.4) is 0 Å². The molecule has 0 aromatic heterocycles. The van der Waals surface area contributed by atoms with E-state index in [1.807, 2.05) is 0 Å². The molecule has 1 amide bonds. The lowest BCUT2D eigenvalue weighted by Gasteiger charge is -2.47. The fourth-order valence-electron chi connectivity index (χ4n) is 7.91. The maximum absolute atomic E-state index is 13.5. The highest BCUT2D eigenvalue weighted by Crippen LogP contribution is 2.42. The number of benzene rings is 2. The summed E-state index contributed by atoms with van der Waals surface area (Å²) >= 11 is 0. The van der Waals surface area contributed by atoms with Gasteiger partial charge in [-0.25, -0.2) is 8.42 Å². The minimum absolute atomic E-state index is 0.186. The number of likely N-dealkylation sites (tertiary alicyclic amines) is 1. The van der Waals surface area contributed by atoms with E-state index in [1.165, 1.54) is 67.5 Å². The van der Waals surface area contributed by atoms with Crippen LogP contribution in [0, 0.1) is 11.8 Å². The summed E-state index contributed by atoms with van der Waals surface area (Å²) in [5.74, 6) is -0.178. The predicted octanol–water partition coefficient (Wildman–Crippen LogP) is 7.05. The maximum Gasteiger partial charge on any atom is 0.416 e. The van der Waals surface area contributed by atoms with E-state index in [4.69, 9.17) is 0 Å². The number of nitrogens with one attached hydrogen (secondary N) is 1. The molecular weight excluding hydrogens is 599 g/mol. The largest absolute Gasteiger partial charge is 0.416 e. The quantitative estimate of drug-likeness (QED) is 0.266. The van der Waals surface area contributed by atoms with Gasteiger partial charge in [-0.2, -0.15) is 17.5 Å². The molecule has 3 fully saturated rings. The monoisotopic (exact) mass is 647 g/mol. The topological polar surface area (TPSA) is 69.7 Å². The van der Waals surface area contributed by atoms with Gasteiger partial charge in [0.25, 0.3) is 0 Å². The SMILES string of the molecule is CC(C(=O)NCCCC1CCC(Cc2ccccc2)(N2CCCC2)CC1)C1CCCCN1S(=O)(=O)c1cccc(C(F)(F)F)c1. The zero-order valence-corrected chi connectivity index (χ0v) is 27.2. The van der Waals surface area contributed by atoms with Crippen molar-refractivity contribution in [1.82, 2.24) is 14.5 Å². The van der Waals surface area contributed by atoms with Crippen molar-refractivity contribution in [2.45, 2.75) is 107 Å². The summed E-state index contributed by atoms with van der Waals surface area (Å²) in [5, 5.41) is 3.04. The molecule has 0 spiro atoms. The molecule has 2 unspecified atom stereocenters. The lowest BCUT2D eigenvalue weighted by atomic mass is 9.71. The Bertz CT molecular complexity index is 1370. The first-order valence-electron chi connectivity index (χ1n) is 16.8. The van der Waals surface area contributed by atoms with Crippen molar-refractivity contribution in [3.05, 3.63) is 65.7 Å². The molecule has 45 heavy (non-hydrogen) atoms. The molecule has 2 atom stereocenters. The van der Waals surface area contributed by atoms with Gasteiger partial charge in [0.2, 0.25) is 15.9 Å². The summed E-state index contributed by atoms with van der Waals surface area (Å²) < 4.78 is 68.1. The Morgan fingerprint density at radius 1 is 0.956 bits per heavy atom. The third-order valence-corrected chi connectivity index (χ3v) is 12.5. The fraction of sp³-hybridized carbons (Fsp3) is 0.629. The molecule has 2 aromatic rings. The van der Waals surface area contributed by atoms with Crippen LogP contribution in [0.2, 0.25) is 0 Å². The molecule has 248 valence electrons. The summed E-state index contributed by atoms with van der Waals surface area (Å²) in [5.41, 5.74) is 0.663. The van der Waals surface area contributed by atoms with Crippen LogP contribution in [-0.2, 0) is 27.4 Å². The molecule has 1 N–H and O–H groups in total. The molecule has 3 aliphatic rings. The maximum atomic E-state index is 13.5. The molecule has 2 heterocycles. The number of nitrogens with zero attached hydrogens (tertiary/aromatic N) is 2. The van der Waals surface area contributed by atoms with Gasteiger partial charge in [0.1, 0.15) is 0 Å². The predicted molar refractivity (Wildman–Crippen MR) is 170 cm³/mol. The Morgan fingerprint density at radius 2 is 1.64 bits per heavy atom. The molecule has 5 rings (SSSR count). The average Bonchev–Trinajstić information content (AvgIpc) is 3.60. The molecule has 0 bridgehead atoms. The Balaban J connectivity index is 1.12. The van der Waals surface area contributed by atoms with Crippen molar-refractivity contribution >= 4 is 15.9 Å². The third kappa shape index (κ3) is 8.11. The number of sulfonamides is 1. The van der Waals surface area contributed by atoms with Crippen LogP contribution in [0.25, 0.3) is 0 Å². The van der Waals surface area contributed by atoms with Gasteiger partial charge in [0.05, 0.1) is 16.4 Å². The van der Waals surface area contributed by atoms with E-state index in [0.29, 0.717) is 31.4 Å². The highest BCUT2D eigenvalue weighted by molar-refractivity contribution is 7.89. The van der Waals surface area contributed by atoms with E-state index in [1.54, 1.807) is 6.92 Å². The summed E-state index contributed by atoms with van der Waals surface area (Å²) in [6.45, 7) is 4.84. The number of carbonyl (C=O) groups is 1. The van der Waals surface area contributed by atoms with Crippen molar-refractivity contribution in [2.24, 2.45) is 11.8 Å². The Morgan fingerprint density at radius 3 is 2.33 bits per heavy atom. The molecule has 0 radical (unpaired) electrons. The van der Waals surface area contributed by atoms with Gasteiger partial charge in [-0.1, -0.05) is 49.7 Å². The smallest absolute Gasteiger partial charge is 0.356 e. The number of carbonyl (C=O) groups excluding carboxylic acids is 1. The van der Waals surface area contributed by atoms with Gasteiger partial charge in [-0.3, -0.25) is 9.69 Å². The first-order chi connectivity index (χ1) is 21.5. The minimum Gasteiger partial charge on any atom is -0.356 e. The van der Waals surface area contributed by atoms with Crippen molar-refractivity contribution in [2.75, 3.05) is 26.2 Å². The van der Waals surface area contributed by atoms with Crippen molar-refractivity contribution in [1.29, 1.82) is 0 Å². The molecule has 2 saturated heterocycles. The normalized spacial score (nSPS) is 26.0. The van der Waals surface area contributed by atoms with Crippen molar-refractivity contribution in [3.63, 3.8) is 0 Å². The van der Waals surface area contributed by atoms with E-state index < -0.39 is 33.7 Å². The number of rotatable bonds is 11. The number of alkyl halides is 3. The number of halogens is 3. The Hall–Kier alpha value is -2.43. The average molecular weight is 648 g/mol. The molecule has 1 saturated carbocycles. The fourth-order valence-corrected chi connectivity index (χ4v) is 9.72. The van der Waals surface area contributed by atoms with Crippen LogP contribution < -0.4 is 5.32 Å². The van der Waals surface area contributed by atoms with E-state index >= 15 is 0 Å². The number of amides is 1. The minimum atomic E-state index is -4.64. The van der Waals surface area contributed by atoms with Gasteiger partial charge in [0.15, 0.2) is 0 Å². The summed E-state index contributed by atoms with van der Waals surface area (Å²) in [6, 6.07) is 14.1. The van der Waals surface area contributed by atoms with Crippen molar-refractivity contribution < 1.29 is 26.4 Å². The standard InChI is InChI=1S/C35H48F3N3O3S/c1-27(32-16-5-6-24-41(32)45(43,44)31-15-9-14-30(25-31)35(36,37)38)33(42)39-21-10-13-28-17-19-34(20-18-28,40-22-7-8-23-40)26-29-11-3-2-4-12-29/h2-4,9,11-12,14-15,25,27-28,32H,5-8,10,13,16-24,26H2,1H3,(H,39,42). The van der Waals surface area contributed by atoms with Gasteiger partial charge >= 0.3 is 6.18 Å². The lowest BCUT2D eigenvalue weighted by molar-refractivity contribution is -0.137. The van der Waals surface area contributed by atoms with Crippen LogP contribution >= 0.6 is 0 Å². The highest BCUT2D eigenvalue weighted by Gasteiger charge is 2.42. The summed E-state index contributed by atoms with van der Waals surface area (Å²) in [6.07, 6.45) is 7.62. The lowest BCUT2D eigenvalue weighted by Crippen LogP contribution is -2.51. The highest BCUT2D eigenvalue weighted by atomic mass is 32.2. The van der Waals surface area contributed by atoms with E-state index in [2.05, 4.69) is 40.5 Å². The Kier molecular flexibility index (Phi) is 11.0. The van der Waals surface area contributed by atoms with Gasteiger partial charge in [-0.15, -0.1) is 0 Å². The number of hydrogen-bond donors (Lipinski definition) is 1. The zero-order chi connectivity index (χ0) is 32.1. The Labute approximate surface area is 266 Å².